The lowest BCUT2D eigenvalue weighted by Crippen LogP contribution is -2.10. The summed E-state index contributed by atoms with van der Waals surface area (Å²) < 4.78 is 5.47. The van der Waals surface area contributed by atoms with Crippen LogP contribution in [0.1, 0.15) is 25.8 Å². The first-order valence-electron chi connectivity index (χ1n) is 4.96. The van der Waals surface area contributed by atoms with Gasteiger partial charge in [-0.3, -0.25) is 10.1 Å². The number of hydrogen-bond donors (Lipinski definition) is 0. The number of nitrogens with zero attached hydrogens (tertiary/aromatic N) is 1. The lowest BCUT2D eigenvalue weighted by Gasteiger charge is -2.12. The Bertz CT molecular complexity index is 363. The third kappa shape index (κ3) is 2.94. The molecule has 0 saturated carbocycles. The van der Waals surface area contributed by atoms with Crippen molar-refractivity contribution in [3.8, 4) is 5.75 Å². The molecule has 1 rings (SSSR count). The van der Waals surface area contributed by atoms with Gasteiger partial charge in [0.2, 0.25) is 0 Å². The minimum absolute atomic E-state index is 0.00796. The SMILES string of the molecule is CCC(C)Oc1ccc(C)cc1[N+](=O)[O-]. The van der Waals surface area contributed by atoms with Gasteiger partial charge in [0.15, 0.2) is 5.75 Å². The van der Waals surface area contributed by atoms with Crippen LogP contribution < -0.4 is 4.74 Å². The first kappa shape index (κ1) is 11.5. The minimum Gasteiger partial charge on any atom is -0.484 e. The van der Waals surface area contributed by atoms with Crippen molar-refractivity contribution < 1.29 is 9.66 Å². The summed E-state index contributed by atoms with van der Waals surface area (Å²) in [4.78, 5) is 10.4. The highest BCUT2D eigenvalue weighted by Crippen LogP contribution is 2.28. The molecule has 0 fully saturated rings. The van der Waals surface area contributed by atoms with E-state index in [9.17, 15) is 10.1 Å². The molecule has 0 aliphatic heterocycles. The number of benzene rings is 1. The molecule has 0 radical (unpaired) electrons. The largest absolute Gasteiger partial charge is 0.484 e. The maximum absolute atomic E-state index is 10.8. The van der Waals surface area contributed by atoms with E-state index in [0.717, 1.165) is 12.0 Å². The van der Waals surface area contributed by atoms with Crippen molar-refractivity contribution in [3.05, 3.63) is 33.9 Å². The van der Waals surface area contributed by atoms with Crippen molar-refractivity contribution in [2.45, 2.75) is 33.3 Å². The van der Waals surface area contributed by atoms with Gasteiger partial charge < -0.3 is 4.74 Å². The molecule has 1 unspecified atom stereocenters. The molecule has 1 aromatic rings. The Morgan fingerprint density at radius 2 is 2.20 bits per heavy atom. The molecule has 0 heterocycles. The van der Waals surface area contributed by atoms with Crippen molar-refractivity contribution in [1.82, 2.24) is 0 Å². The van der Waals surface area contributed by atoms with Crippen LogP contribution in [-0.4, -0.2) is 11.0 Å². The fourth-order valence-electron chi connectivity index (χ4n) is 1.17. The number of nitro groups is 1. The van der Waals surface area contributed by atoms with Crippen molar-refractivity contribution in [1.29, 1.82) is 0 Å². The second kappa shape index (κ2) is 4.77. The maximum atomic E-state index is 10.8. The Morgan fingerprint density at radius 1 is 1.53 bits per heavy atom. The van der Waals surface area contributed by atoms with Crippen LogP contribution >= 0.6 is 0 Å². The lowest BCUT2D eigenvalue weighted by molar-refractivity contribution is -0.386. The molecule has 82 valence electrons. The summed E-state index contributed by atoms with van der Waals surface area (Å²) in [7, 11) is 0. The van der Waals surface area contributed by atoms with Crippen LogP contribution in [0.2, 0.25) is 0 Å². The third-order valence-electron chi connectivity index (χ3n) is 2.21. The number of rotatable bonds is 4. The van der Waals surface area contributed by atoms with Crippen LogP contribution in [0.25, 0.3) is 0 Å². The van der Waals surface area contributed by atoms with Crippen LogP contribution in [0.4, 0.5) is 5.69 Å². The monoisotopic (exact) mass is 209 g/mol. The van der Waals surface area contributed by atoms with Gasteiger partial charge in [-0.2, -0.15) is 0 Å². The Kier molecular flexibility index (Phi) is 3.66. The smallest absolute Gasteiger partial charge is 0.311 e. The Hall–Kier alpha value is -1.58. The third-order valence-corrected chi connectivity index (χ3v) is 2.21. The standard InChI is InChI=1S/C11H15NO3/c1-4-9(3)15-11-6-5-8(2)7-10(11)12(13)14/h5-7,9H,4H2,1-3H3. The molecule has 15 heavy (non-hydrogen) atoms. The summed E-state index contributed by atoms with van der Waals surface area (Å²) >= 11 is 0. The van der Waals surface area contributed by atoms with E-state index in [4.69, 9.17) is 4.74 Å². The van der Waals surface area contributed by atoms with E-state index >= 15 is 0 Å². The van der Waals surface area contributed by atoms with E-state index in [-0.39, 0.29) is 11.8 Å². The van der Waals surface area contributed by atoms with Gasteiger partial charge in [0.25, 0.3) is 0 Å². The van der Waals surface area contributed by atoms with Crippen LogP contribution in [0.15, 0.2) is 18.2 Å². The summed E-state index contributed by atoms with van der Waals surface area (Å²) in [5.41, 5.74) is 0.897. The lowest BCUT2D eigenvalue weighted by atomic mass is 10.2. The van der Waals surface area contributed by atoms with Crippen molar-refractivity contribution in [2.24, 2.45) is 0 Å². The van der Waals surface area contributed by atoms with Gasteiger partial charge in [0.05, 0.1) is 11.0 Å². The Morgan fingerprint density at radius 3 is 2.73 bits per heavy atom. The van der Waals surface area contributed by atoms with Crippen LogP contribution in [0.5, 0.6) is 5.75 Å². The molecule has 0 saturated heterocycles. The molecular formula is C11H15NO3. The topological polar surface area (TPSA) is 52.4 Å². The van der Waals surface area contributed by atoms with E-state index in [1.165, 1.54) is 6.07 Å². The Balaban J connectivity index is 3.01. The predicted octanol–water partition coefficient (Wildman–Crippen LogP) is 3.08. The van der Waals surface area contributed by atoms with E-state index in [1.807, 2.05) is 26.8 Å². The van der Waals surface area contributed by atoms with Crippen molar-refractivity contribution in [2.75, 3.05) is 0 Å². The van der Waals surface area contributed by atoms with E-state index in [2.05, 4.69) is 0 Å². The molecule has 0 aliphatic carbocycles. The van der Waals surface area contributed by atoms with E-state index in [0.29, 0.717) is 5.75 Å². The van der Waals surface area contributed by atoms with Crippen LogP contribution in [0, 0.1) is 17.0 Å². The second-order valence-electron chi connectivity index (χ2n) is 3.57. The van der Waals surface area contributed by atoms with Crippen LogP contribution in [0.3, 0.4) is 0 Å². The number of ether oxygens (including phenoxy) is 1. The van der Waals surface area contributed by atoms with Gasteiger partial charge in [-0.1, -0.05) is 13.0 Å². The minimum atomic E-state index is -0.412. The first-order chi connectivity index (χ1) is 7.04. The van der Waals surface area contributed by atoms with Gasteiger partial charge in [-0.05, 0) is 31.9 Å². The second-order valence-corrected chi connectivity index (χ2v) is 3.57. The van der Waals surface area contributed by atoms with Crippen LogP contribution in [-0.2, 0) is 0 Å². The molecule has 0 N–H and O–H groups in total. The molecule has 1 atom stereocenters. The zero-order valence-electron chi connectivity index (χ0n) is 9.19. The molecule has 0 bridgehead atoms. The van der Waals surface area contributed by atoms with Crippen molar-refractivity contribution >= 4 is 5.69 Å². The first-order valence-corrected chi connectivity index (χ1v) is 4.96. The fourth-order valence-corrected chi connectivity index (χ4v) is 1.17. The van der Waals surface area contributed by atoms with Gasteiger partial charge in [0, 0.05) is 6.07 Å². The van der Waals surface area contributed by atoms with Gasteiger partial charge in [-0.25, -0.2) is 0 Å². The summed E-state index contributed by atoms with van der Waals surface area (Å²) in [5, 5.41) is 10.8. The molecule has 0 amide bonds. The van der Waals surface area contributed by atoms with Gasteiger partial charge in [0.1, 0.15) is 0 Å². The summed E-state index contributed by atoms with van der Waals surface area (Å²) in [5.74, 6) is 0.347. The predicted molar refractivity (Wildman–Crippen MR) is 58.2 cm³/mol. The number of nitro benzene ring substituents is 1. The summed E-state index contributed by atoms with van der Waals surface area (Å²) in [6.45, 7) is 5.69. The zero-order chi connectivity index (χ0) is 11.4. The summed E-state index contributed by atoms with van der Waals surface area (Å²) in [6.07, 6.45) is 0.816. The normalized spacial score (nSPS) is 12.2. The molecule has 0 aromatic heterocycles. The summed E-state index contributed by atoms with van der Waals surface area (Å²) in [6, 6.07) is 4.99. The molecule has 1 aromatic carbocycles. The molecular weight excluding hydrogens is 194 g/mol. The van der Waals surface area contributed by atoms with E-state index in [1.54, 1.807) is 6.07 Å². The Labute approximate surface area is 89.0 Å². The fraction of sp³-hybridized carbons (Fsp3) is 0.455. The van der Waals surface area contributed by atoms with Gasteiger partial charge >= 0.3 is 5.69 Å². The maximum Gasteiger partial charge on any atom is 0.311 e. The molecule has 4 nitrogen and oxygen atoms in total. The molecule has 0 spiro atoms. The highest BCUT2D eigenvalue weighted by molar-refractivity contribution is 5.48. The molecule has 4 heteroatoms. The van der Waals surface area contributed by atoms with Gasteiger partial charge in [-0.15, -0.1) is 0 Å². The highest BCUT2D eigenvalue weighted by Gasteiger charge is 2.16. The highest BCUT2D eigenvalue weighted by atomic mass is 16.6. The average molecular weight is 209 g/mol. The van der Waals surface area contributed by atoms with Crippen molar-refractivity contribution in [3.63, 3.8) is 0 Å². The average Bonchev–Trinajstić information content (AvgIpc) is 2.20. The number of aryl methyl sites for hydroxylation is 1. The quantitative estimate of drug-likeness (QED) is 0.565. The zero-order valence-corrected chi connectivity index (χ0v) is 9.19. The molecule has 0 aliphatic rings. The van der Waals surface area contributed by atoms with E-state index < -0.39 is 4.92 Å². The number of hydrogen-bond acceptors (Lipinski definition) is 3.